The lowest BCUT2D eigenvalue weighted by Crippen LogP contribution is -2.49. The molecular weight excluding hydrogens is 510 g/mol. The first-order valence-corrected chi connectivity index (χ1v) is 13.1. The third-order valence-electron chi connectivity index (χ3n) is 4.43. The van der Waals surface area contributed by atoms with Gasteiger partial charge in [0, 0.05) is 12.1 Å². The van der Waals surface area contributed by atoms with E-state index in [0.29, 0.717) is 16.7 Å². The zero-order valence-electron chi connectivity index (χ0n) is 24.2. The number of benzene rings is 2. The normalized spacial score (nSPS) is 10.2. The van der Waals surface area contributed by atoms with Gasteiger partial charge in [-0.3, -0.25) is 24.0 Å². The van der Waals surface area contributed by atoms with Crippen molar-refractivity contribution in [2.24, 2.45) is 5.92 Å². The Balaban J connectivity index is 0.00000195. The number of Topliss-reactive ketones (excluding diaryl/α,β-unsaturated/α-hetero) is 1. The van der Waals surface area contributed by atoms with Crippen LogP contribution >= 0.6 is 0 Å². The maximum Gasteiger partial charge on any atom is 0.289 e. The van der Waals surface area contributed by atoms with Crippen molar-refractivity contribution in [3.05, 3.63) is 71.3 Å². The number of ketones is 1. The maximum atomic E-state index is 12.1. The molecular formula is C30H41N5O5. The van der Waals surface area contributed by atoms with Crippen LogP contribution in [0, 0.1) is 17.2 Å². The molecule has 10 heteroatoms. The van der Waals surface area contributed by atoms with Crippen LogP contribution in [0.5, 0.6) is 0 Å². The predicted molar refractivity (Wildman–Crippen MR) is 154 cm³/mol. The summed E-state index contributed by atoms with van der Waals surface area (Å²) in [5, 5.41) is 18.3. The second-order valence-electron chi connectivity index (χ2n) is 9.41. The SMILES string of the molecule is CC(C)C.CCC.C[C@H](NC(=O)CNC(=O)c1ccccc1)C(=O)NCC(=O)C(=O)NCc1ccc(C#N)cc1. The van der Waals surface area contributed by atoms with E-state index < -0.39 is 42.0 Å². The molecule has 0 aliphatic carbocycles. The van der Waals surface area contributed by atoms with Gasteiger partial charge < -0.3 is 21.3 Å². The van der Waals surface area contributed by atoms with Crippen molar-refractivity contribution < 1.29 is 24.0 Å². The van der Waals surface area contributed by atoms with E-state index in [-0.39, 0.29) is 13.1 Å². The standard InChI is InChI=1S/C23H23N5O5.C4H10.C3H8/c1-15(28-20(30)14-27-22(32)18-5-3-2-4-6-18)21(31)26-13-19(29)23(33)25-12-17-9-7-16(11-24)8-10-17;1-4(2)3;1-3-2/h2-10,15H,12-14H2,1H3,(H,25,33)(H,26,31)(H,27,32)(H,28,30);4H,1-3H3;3H2,1-2H3/t15-;;/m0../s1. The molecule has 2 aromatic rings. The Morgan fingerprint density at radius 2 is 1.35 bits per heavy atom. The van der Waals surface area contributed by atoms with E-state index in [9.17, 15) is 24.0 Å². The zero-order chi connectivity index (χ0) is 30.5. The van der Waals surface area contributed by atoms with E-state index >= 15 is 0 Å². The first-order chi connectivity index (χ1) is 18.9. The molecule has 0 unspecified atom stereocenters. The second kappa shape index (κ2) is 20.4. The Kier molecular flexibility index (Phi) is 18.1. The second-order valence-corrected chi connectivity index (χ2v) is 9.41. The summed E-state index contributed by atoms with van der Waals surface area (Å²) in [7, 11) is 0. The van der Waals surface area contributed by atoms with Crippen molar-refractivity contribution >= 4 is 29.4 Å². The van der Waals surface area contributed by atoms with Gasteiger partial charge in [-0.15, -0.1) is 0 Å². The molecule has 40 heavy (non-hydrogen) atoms. The van der Waals surface area contributed by atoms with E-state index in [0.717, 1.165) is 5.92 Å². The van der Waals surface area contributed by atoms with Gasteiger partial charge in [-0.25, -0.2) is 0 Å². The summed E-state index contributed by atoms with van der Waals surface area (Å²) in [6.45, 7) is 11.4. The smallest absolute Gasteiger partial charge is 0.289 e. The van der Waals surface area contributed by atoms with Gasteiger partial charge in [0.25, 0.3) is 11.8 Å². The van der Waals surface area contributed by atoms with Crippen LogP contribution in [0.2, 0.25) is 0 Å². The molecule has 216 valence electrons. The van der Waals surface area contributed by atoms with Crippen LogP contribution in [-0.4, -0.2) is 48.5 Å². The number of carbonyl (C=O) groups is 5. The fourth-order valence-electron chi connectivity index (χ4n) is 2.59. The highest BCUT2D eigenvalue weighted by atomic mass is 16.2. The Hall–Kier alpha value is -4.52. The van der Waals surface area contributed by atoms with Gasteiger partial charge in [-0.05, 0) is 42.7 Å². The molecule has 0 saturated carbocycles. The largest absolute Gasteiger partial charge is 0.347 e. The van der Waals surface area contributed by atoms with Crippen molar-refractivity contribution in [3.63, 3.8) is 0 Å². The van der Waals surface area contributed by atoms with Gasteiger partial charge in [0.2, 0.25) is 17.6 Å². The van der Waals surface area contributed by atoms with Crippen molar-refractivity contribution in [2.75, 3.05) is 13.1 Å². The van der Waals surface area contributed by atoms with Crippen LogP contribution < -0.4 is 21.3 Å². The van der Waals surface area contributed by atoms with Crippen molar-refractivity contribution in [1.82, 2.24) is 21.3 Å². The van der Waals surface area contributed by atoms with Gasteiger partial charge in [-0.1, -0.05) is 71.4 Å². The first-order valence-electron chi connectivity index (χ1n) is 13.1. The highest BCUT2D eigenvalue weighted by Gasteiger charge is 2.19. The number of amides is 4. The quantitative estimate of drug-likeness (QED) is 0.333. The Labute approximate surface area is 236 Å². The molecule has 0 fully saturated rings. The molecule has 4 amide bonds. The average Bonchev–Trinajstić information content (AvgIpc) is 2.93. The van der Waals surface area contributed by atoms with Crippen LogP contribution in [0.4, 0.5) is 0 Å². The minimum Gasteiger partial charge on any atom is -0.347 e. The lowest BCUT2D eigenvalue weighted by Gasteiger charge is -2.14. The number of hydrogen-bond donors (Lipinski definition) is 4. The van der Waals surface area contributed by atoms with Crippen molar-refractivity contribution in [3.8, 4) is 6.07 Å². The van der Waals surface area contributed by atoms with Gasteiger partial charge >= 0.3 is 0 Å². The first kappa shape index (κ1) is 35.5. The molecule has 1 atom stereocenters. The summed E-state index contributed by atoms with van der Waals surface area (Å²) >= 11 is 0. The van der Waals surface area contributed by atoms with Gasteiger partial charge in [0.15, 0.2) is 0 Å². The Bertz CT molecular complexity index is 1120. The zero-order valence-corrected chi connectivity index (χ0v) is 24.2. The molecule has 0 radical (unpaired) electrons. The number of nitrogens with one attached hydrogen (secondary N) is 4. The average molecular weight is 552 g/mol. The molecule has 0 saturated heterocycles. The highest BCUT2D eigenvalue weighted by Crippen LogP contribution is 2.02. The van der Waals surface area contributed by atoms with Crippen LogP contribution in [0.25, 0.3) is 0 Å². The van der Waals surface area contributed by atoms with Gasteiger partial charge in [0.1, 0.15) is 6.04 Å². The molecule has 0 aliphatic heterocycles. The van der Waals surface area contributed by atoms with Crippen LogP contribution in [0.1, 0.15) is 69.4 Å². The van der Waals surface area contributed by atoms with Gasteiger partial charge in [0.05, 0.1) is 24.7 Å². The molecule has 0 bridgehead atoms. The monoisotopic (exact) mass is 551 g/mol. The Morgan fingerprint density at radius 1 is 0.800 bits per heavy atom. The highest BCUT2D eigenvalue weighted by molar-refractivity contribution is 6.37. The van der Waals surface area contributed by atoms with Gasteiger partial charge in [-0.2, -0.15) is 5.26 Å². The van der Waals surface area contributed by atoms with Crippen LogP contribution in [-0.2, 0) is 25.7 Å². The van der Waals surface area contributed by atoms with E-state index in [2.05, 4.69) is 55.9 Å². The lowest BCUT2D eigenvalue weighted by molar-refractivity contribution is -0.138. The minimum atomic E-state index is -0.986. The van der Waals surface area contributed by atoms with Crippen LogP contribution in [0.15, 0.2) is 54.6 Å². The van der Waals surface area contributed by atoms with Crippen molar-refractivity contribution in [2.45, 2.75) is 60.5 Å². The summed E-state index contributed by atoms with van der Waals surface area (Å²) < 4.78 is 0. The number of rotatable bonds is 10. The van der Waals surface area contributed by atoms with E-state index in [1.54, 1.807) is 54.6 Å². The maximum absolute atomic E-state index is 12.1. The molecule has 4 N–H and O–H groups in total. The third-order valence-corrected chi connectivity index (χ3v) is 4.43. The topological polar surface area (TPSA) is 157 Å². The summed E-state index contributed by atoms with van der Waals surface area (Å²) in [5.41, 5.74) is 1.57. The summed E-state index contributed by atoms with van der Waals surface area (Å²) in [6, 6.07) is 15.8. The summed E-state index contributed by atoms with van der Waals surface area (Å²) in [4.78, 5) is 59.8. The number of carbonyl (C=O) groups excluding carboxylic acids is 5. The third kappa shape index (κ3) is 16.3. The molecule has 2 aromatic carbocycles. The molecule has 0 aliphatic rings. The molecule has 2 rings (SSSR count). The fourth-order valence-corrected chi connectivity index (χ4v) is 2.59. The summed E-state index contributed by atoms with van der Waals surface area (Å²) in [5.74, 6) is -2.58. The van der Waals surface area contributed by atoms with Crippen molar-refractivity contribution in [1.29, 1.82) is 5.26 Å². The lowest BCUT2D eigenvalue weighted by atomic mass is 10.1. The van der Waals surface area contributed by atoms with E-state index in [1.807, 2.05) is 6.07 Å². The fraction of sp³-hybridized carbons (Fsp3) is 0.400. The van der Waals surface area contributed by atoms with E-state index in [1.165, 1.54) is 13.3 Å². The minimum absolute atomic E-state index is 0.0887. The Morgan fingerprint density at radius 3 is 1.88 bits per heavy atom. The van der Waals surface area contributed by atoms with Crippen LogP contribution in [0.3, 0.4) is 0 Å². The number of nitrogens with zero attached hydrogens (tertiary/aromatic N) is 1. The molecule has 0 spiro atoms. The van der Waals surface area contributed by atoms with E-state index in [4.69, 9.17) is 5.26 Å². The molecule has 10 nitrogen and oxygen atoms in total. The number of hydrogen-bond acceptors (Lipinski definition) is 6. The predicted octanol–water partition coefficient (Wildman–Crippen LogP) is 2.87. The molecule has 0 aromatic heterocycles. The summed E-state index contributed by atoms with van der Waals surface area (Å²) in [6.07, 6.45) is 1.25. The molecule has 0 heterocycles. The number of nitriles is 1.